The molecule has 0 bridgehead atoms. The lowest BCUT2D eigenvalue weighted by molar-refractivity contribution is 0.0601. The van der Waals surface area contributed by atoms with Crippen molar-refractivity contribution in [3.63, 3.8) is 0 Å². The summed E-state index contributed by atoms with van der Waals surface area (Å²) in [5.41, 5.74) is 3.40. The van der Waals surface area contributed by atoms with Crippen LogP contribution in [0.25, 0.3) is 0 Å². The first-order valence-corrected chi connectivity index (χ1v) is 10.1. The molecule has 5 nitrogen and oxygen atoms in total. The fraction of sp³-hybridized carbons (Fsp3) is 0.478. The largest absolute Gasteiger partial charge is 0.493 e. The van der Waals surface area contributed by atoms with Gasteiger partial charge in [-0.15, -0.1) is 0 Å². The van der Waals surface area contributed by atoms with Gasteiger partial charge in [-0.1, -0.05) is 39.7 Å². The molecule has 0 atom stereocenters. The molecule has 2 rings (SSSR count). The molecule has 0 saturated heterocycles. The Morgan fingerprint density at radius 2 is 1.96 bits per heavy atom. The number of pyridine rings is 1. The molecule has 2 aromatic rings. The number of hydrogen-bond donors (Lipinski definition) is 0. The van der Waals surface area contributed by atoms with Gasteiger partial charge in [-0.3, -0.25) is 4.98 Å². The van der Waals surface area contributed by atoms with Crippen LogP contribution in [0, 0.1) is 0 Å². The fourth-order valence-corrected chi connectivity index (χ4v) is 3.21. The maximum atomic E-state index is 12.2. The van der Waals surface area contributed by atoms with Crippen LogP contribution in [-0.2, 0) is 4.74 Å². The highest BCUT2D eigenvalue weighted by atomic mass is 16.5. The van der Waals surface area contributed by atoms with Crippen molar-refractivity contribution in [1.82, 2.24) is 4.98 Å². The van der Waals surface area contributed by atoms with E-state index in [9.17, 15) is 4.79 Å². The van der Waals surface area contributed by atoms with E-state index >= 15 is 0 Å². The number of ether oxygens (including phenoxy) is 2. The molecular weight excluding hydrogens is 352 g/mol. The van der Waals surface area contributed by atoms with Crippen molar-refractivity contribution in [2.75, 3.05) is 25.2 Å². The number of anilines is 2. The minimum absolute atomic E-state index is 0.372. The summed E-state index contributed by atoms with van der Waals surface area (Å²) in [5.74, 6) is 0.893. The average Bonchev–Trinajstić information content (AvgIpc) is 2.71. The summed E-state index contributed by atoms with van der Waals surface area (Å²) in [4.78, 5) is 18.4. The molecule has 0 aliphatic carbocycles. The third-order valence-corrected chi connectivity index (χ3v) is 4.75. The second kappa shape index (κ2) is 10.7. The summed E-state index contributed by atoms with van der Waals surface area (Å²) >= 11 is 0. The van der Waals surface area contributed by atoms with E-state index in [2.05, 4.69) is 55.8 Å². The number of aromatic nitrogens is 1. The van der Waals surface area contributed by atoms with Crippen LogP contribution >= 0.6 is 0 Å². The van der Waals surface area contributed by atoms with Crippen molar-refractivity contribution in [2.45, 2.75) is 52.9 Å². The molecule has 1 aromatic carbocycles. The number of benzene rings is 1. The van der Waals surface area contributed by atoms with Crippen LogP contribution in [0.15, 0.2) is 36.7 Å². The second-order valence-corrected chi connectivity index (χ2v) is 7.06. The minimum atomic E-state index is -0.392. The lowest BCUT2D eigenvalue weighted by Crippen LogP contribution is -2.20. The summed E-state index contributed by atoms with van der Waals surface area (Å²) in [6.07, 6.45) is 6.62. The first-order valence-electron chi connectivity index (χ1n) is 10.1. The molecule has 0 unspecified atom stereocenters. The average molecular weight is 385 g/mol. The maximum Gasteiger partial charge on any atom is 0.341 e. The maximum absolute atomic E-state index is 12.2. The molecule has 1 aromatic heterocycles. The summed E-state index contributed by atoms with van der Waals surface area (Å²) in [6.45, 7) is 10.00. The van der Waals surface area contributed by atoms with E-state index in [1.165, 1.54) is 19.1 Å². The SMILES string of the molecule is CCCCCOc1cc(N(CC)c2ccncc2C(=O)OC)ccc1C(C)C. The third kappa shape index (κ3) is 5.24. The van der Waals surface area contributed by atoms with E-state index in [0.717, 1.165) is 30.0 Å². The summed E-state index contributed by atoms with van der Waals surface area (Å²) in [6, 6.07) is 8.12. The van der Waals surface area contributed by atoms with Crippen LogP contribution in [0.4, 0.5) is 11.4 Å². The fourth-order valence-electron chi connectivity index (χ4n) is 3.21. The van der Waals surface area contributed by atoms with Crippen LogP contribution in [0.2, 0.25) is 0 Å². The van der Waals surface area contributed by atoms with Crippen molar-refractivity contribution in [1.29, 1.82) is 0 Å². The quantitative estimate of drug-likeness (QED) is 0.387. The molecule has 152 valence electrons. The molecular formula is C23H32N2O3. The van der Waals surface area contributed by atoms with Gasteiger partial charge in [0.05, 0.1) is 19.4 Å². The topological polar surface area (TPSA) is 51.7 Å². The minimum Gasteiger partial charge on any atom is -0.493 e. The zero-order chi connectivity index (χ0) is 20.5. The smallest absolute Gasteiger partial charge is 0.341 e. The highest BCUT2D eigenvalue weighted by Crippen LogP contribution is 2.35. The Morgan fingerprint density at radius 3 is 2.61 bits per heavy atom. The molecule has 28 heavy (non-hydrogen) atoms. The summed E-state index contributed by atoms with van der Waals surface area (Å²) < 4.78 is 11.1. The van der Waals surface area contributed by atoms with E-state index < -0.39 is 5.97 Å². The Labute approximate surface area is 168 Å². The molecule has 0 radical (unpaired) electrons. The predicted octanol–water partition coefficient (Wildman–Crippen LogP) is 5.72. The molecule has 5 heteroatoms. The van der Waals surface area contributed by atoms with E-state index in [-0.39, 0.29) is 0 Å². The van der Waals surface area contributed by atoms with Gasteiger partial charge in [0.2, 0.25) is 0 Å². The highest BCUT2D eigenvalue weighted by Gasteiger charge is 2.19. The van der Waals surface area contributed by atoms with Gasteiger partial charge in [0.15, 0.2) is 0 Å². The van der Waals surface area contributed by atoms with Crippen molar-refractivity contribution >= 4 is 17.3 Å². The van der Waals surface area contributed by atoms with Gasteiger partial charge in [-0.2, -0.15) is 0 Å². The van der Waals surface area contributed by atoms with E-state index in [1.807, 2.05) is 6.07 Å². The summed E-state index contributed by atoms with van der Waals surface area (Å²) in [7, 11) is 1.38. The Bertz CT molecular complexity index is 774. The lowest BCUT2D eigenvalue weighted by atomic mass is 10.0. The zero-order valence-electron chi connectivity index (χ0n) is 17.7. The Hall–Kier alpha value is -2.56. The predicted molar refractivity (Wildman–Crippen MR) is 114 cm³/mol. The van der Waals surface area contributed by atoms with Crippen LogP contribution in [0.1, 0.15) is 68.8 Å². The van der Waals surface area contributed by atoms with Gasteiger partial charge >= 0.3 is 5.97 Å². The number of carbonyl (C=O) groups is 1. The molecule has 0 fully saturated rings. The summed E-state index contributed by atoms with van der Waals surface area (Å²) in [5, 5.41) is 0. The van der Waals surface area contributed by atoms with Crippen LogP contribution in [0.3, 0.4) is 0 Å². The van der Waals surface area contributed by atoms with Gasteiger partial charge < -0.3 is 14.4 Å². The number of hydrogen-bond acceptors (Lipinski definition) is 5. The Kier molecular flexibility index (Phi) is 8.30. The number of methoxy groups -OCH3 is 1. The molecule has 0 aliphatic rings. The van der Waals surface area contributed by atoms with Gasteiger partial charge in [0, 0.05) is 30.7 Å². The molecule has 0 N–H and O–H groups in total. The number of unbranched alkanes of at least 4 members (excludes halogenated alkanes) is 2. The number of rotatable bonds is 10. The Morgan fingerprint density at radius 1 is 1.18 bits per heavy atom. The van der Waals surface area contributed by atoms with Crippen molar-refractivity contribution < 1.29 is 14.3 Å². The van der Waals surface area contributed by atoms with Gasteiger partial charge in [0.1, 0.15) is 11.3 Å². The van der Waals surface area contributed by atoms with Gasteiger partial charge in [-0.05, 0) is 37.0 Å². The van der Waals surface area contributed by atoms with Crippen molar-refractivity contribution in [2.24, 2.45) is 0 Å². The monoisotopic (exact) mass is 384 g/mol. The van der Waals surface area contributed by atoms with E-state index in [0.29, 0.717) is 24.6 Å². The first-order chi connectivity index (χ1) is 13.5. The van der Waals surface area contributed by atoms with E-state index in [4.69, 9.17) is 9.47 Å². The van der Waals surface area contributed by atoms with E-state index in [1.54, 1.807) is 12.4 Å². The Balaban J connectivity index is 2.40. The standard InChI is InChI=1S/C23H32N2O3/c1-6-8-9-14-28-22-15-18(10-11-19(22)17(3)4)25(7-2)21-12-13-24-16-20(21)23(26)27-5/h10-13,15-17H,6-9,14H2,1-5H3. The normalized spacial score (nSPS) is 10.8. The lowest BCUT2D eigenvalue weighted by Gasteiger charge is -2.26. The molecule has 0 spiro atoms. The van der Waals surface area contributed by atoms with Crippen molar-refractivity contribution in [3.8, 4) is 5.75 Å². The number of esters is 1. The highest BCUT2D eigenvalue weighted by molar-refractivity contribution is 5.96. The van der Waals surface area contributed by atoms with Crippen molar-refractivity contribution in [3.05, 3.63) is 47.8 Å². The second-order valence-electron chi connectivity index (χ2n) is 7.06. The first kappa shape index (κ1) is 21.7. The van der Waals surface area contributed by atoms with Gasteiger partial charge in [-0.25, -0.2) is 4.79 Å². The molecule has 0 amide bonds. The van der Waals surface area contributed by atoms with Crippen LogP contribution < -0.4 is 9.64 Å². The molecule has 0 aliphatic heterocycles. The number of nitrogens with zero attached hydrogens (tertiary/aromatic N) is 2. The molecule has 0 saturated carbocycles. The number of carbonyl (C=O) groups excluding carboxylic acids is 1. The molecule has 1 heterocycles. The van der Waals surface area contributed by atoms with Crippen LogP contribution in [-0.4, -0.2) is 31.2 Å². The zero-order valence-corrected chi connectivity index (χ0v) is 17.7. The van der Waals surface area contributed by atoms with Crippen LogP contribution in [0.5, 0.6) is 5.75 Å². The third-order valence-electron chi connectivity index (χ3n) is 4.75. The van der Waals surface area contributed by atoms with Gasteiger partial charge in [0.25, 0.3) is 0 Å².